The Kier molecular flexibility index (Phi) is 11.8. The van der Waals surface area contributed by atoms with Gasteiger partial charge >= 0.3 is 10.1 Å². The van der Waals surface area contributed by atoms with Gasteiger partial charge in [-0.3, -0.25) is 4.48 Å². The van der Waals surface area contributed by atoms with Crippen LogP contribution < -0.4 is 0 Å². The molecular weight excluding hydrogens is 466 g/mol. The summed E-state index contributed by atoms with van der Waals surface area (Å²) in [5.41, 5.74) is 2.13. The van der Waals surface area contributed by atoms with Crippen molar-refractivity contribution in [3.63, 3.8) is 0 Å². The number of rotatable bonds is 15. The maximum atomic E-state index is 13.2. The van der Waals surface area contributed by atoms with Gasteiger partial charge in [-0.15, -0.1) is 0 Å². The van der Waals surface area contributed by atoms with Crippen molar-refractivity contribution >= 4 is 21.7 Å². The topological polar surface area (TPSA) is 43.4 Å². The molecule has 34 heavy (non-hydrogen) atoms. The van der Waals surface area contributed by atoms with Crippen molar-refractivity contribution in [2.75, 3.05) is 19.6 Å². The number of quaternary nitrogens is 1. The second-order valence-electron chi connectivity index (χ2n) is 9.00. The van der Waals surface area contributed by atoms with Gasteiger partial charge in [0.05, 0.1) is 24.5 Å². The molecule has 2 aromatic carbocycles. The van der Waals surface area contributed by atoms with Crippen molar-refractivity contribution in [1.82, 2.24) is 0 Å². The molecule has 0 aromatic heterocycles. The molecule has 0 amide bonds. The van der Waals surface area contributed by atoms with Crippen molar-refractivity contribution < 1.29 is 17.1 Å². The van der Waals surface area contributed by atoms with E-state index in [1.165, 1.54) is 19.3 Å². The largest absolute Gasteiger partial charge is 0.302 e. The molecule has 1 atom stereocenters. The molecule has 0 radical (unpaired) electrons. The quantitative estimate of drug-likeness (QED) is 0.0836. The third-order valence-corrected chi connectivity index (χ3v) is 8.16. The lowest BCUT2D eigenvalue weighted by Crippen LogP contribution is -2.56. The van der Waals surface area contributed by atoms with Gasteiger partial charge in [0.2, 0.25) is 6.23 Å². The van der Waals surface area contributed by atoms with Crippen molar-refractivity contribution in [2.45, 2.75) is 77.3 Å². The molecule has 0 aliphatic carbocycles. The summed E-state index contributed by atoms with van der Waals surface area (Å²) in [5, 5.41) is 0.703. The summed E-state index contributed by atoms with van der Waals surface area (Å²) in [6, 6.07) is 14.6. The second kappa shape index (κ2) is 14.0. The van der Waals surface area contributed by atoms with Crippen LogP contribution in [0, 0.1) is 6.92 Å². The predicted octanol–water partition coefficient (Wildman–Crippen LogP) is 7.31. The van der Waals surface area contributed by atoms with Crippen LogP contribution in [0.3, 0.4) is 0 Å². The highest BCUT2D eigenvalue weighted by molar-refractivity contribution is 7.86. The molecule has 0 bridgehead atoms. The third-order valence-electron chi connectivity index (χ3n) is 6.61. The number of likely N-dealkylation sites (N-methyl/N-ethyl adjacent to an activating group) is 1. The number of aryl methyl sites for hydroxylation is 1. The zero-order valence-electron chi connectivity index (χ0n) is 21.2. The number of nitrogens with zero attached hydrogens (tertiary/aromatic N) is 1. The van der Waals surface area contributed by atoms with Crippen LogP contribution in [0.1, 0.15) is 64.0 Å². The Morgan fingerprint density at radius 3 is 2.12 bits per heavy atom. The van der Waals surface area contributed by atoms with E-state index in [1.54, 1.807) is 24.3 Å². The van der Waals surface area contributed by atoms with Crippen LogP contribution in [0.4, 0.5) is 0 Å². The number of hydrogen-bond donors (Lipinski definition) is 0. The fourth-order valence-electron chi connectivity index (χ4n) is 4.19. The van der Waals surface area contributed by atoms with Crippen LogP contribution in [0.2, 0.25) is 5.02 Å². The Labute approximate surface area is 212 Å². The molecule has 0 fully saturated rings. The highest BCUT2D eigenvalue weighted by Crippen LogP contribution is 2.24. The van der Waals surface area contributed by atoms with Crippen LogP contribution in [-0.4, -0.2) is 38.8 Å². The van der Waals surface area contributed by atoms with Gasteiger partial charge in [-0.2, -0.15) is 8.42 Å². The van der Waals surface area contributed by atoms with Crippen molar-refractivity contribution in [1.29, 1.82) is 0 Å². The normalized spacial score (nSPS) is 13.4. The maximum Gasteiger partial charge on any atom is 0.302 e. The first kappa shape index (κ1) is 28.6. The zero-order chi connectivity index (χ0) is 25.0. The molecule has 4 nitrogen and oxygen atoms in total. The minimum Gasteiger partial charge on any atom is -0.295 e. The highest BCUT2D eigenvalue weighted by Gasteiger charge is 2.36. The summed E-state index contributed by atoms with van der Waals surface area (Å²) >= 11 is 6.01. The van der Waals surface area contributed by atoms with Gasteiger partial charge in [0, 0.05) is 5.02 Å². The van der Waals surface area contributed by atoms with Crippen molar-refractivity contribution in [3.05, 3.63) is 76.8 Å². The summed E-state index contributed by atoms with van der Waals surface area (Å²) in [7, 11) is -3.90. The molecule has 0 spiro atoms. The van der Waals surface area contributed by atoms with E-state index < -0.39 is 16.3 Å². The lowest BCUT2D eigenvalue weighted by atomic mass is 10.1. The number of allylic oxidation sites excluding steroid dienone is 1. The Hall–Kier alpha value is -1.66. The number of unbranched alkanes of at least 4 members (excludes halogenated alkanes) is 4. The Morgan fingerprint density at radius 1 is 0.912 bits per heavy atom. The fraction of sp³-hybridized carbons (Fsp3) is 0.500. The zero-order valence-corrected chi connectivity index (χ0v) is 22.7. The lowest BCUT2D eigenvalue weighted by Gasteiger charge is -2.41. The van der Waals surface area contributed by atoms with Crippen molar-refractivity contribution in [3.8, 4) is 0 Å². The summed E-state index contributed by atoms with van der Waals surface area (Å²) in [6.45, 7) is 10.9. The minimum absolute atomic E-state index is 0.197. The molecule has 0 aliphatic heterocycles. The van der Waals surface area contributed by atoms with Gasteiger partial charge in [-0.25, -0.2) is 4.18 Å². The fourth-order valence-corrected chi connectivity index (χ4v) is 5.41. The number of hydrogen-bond acceptors (Lipinski definition) is 3. The van der Waals surface area contributed by atoms with Crippen LogP contribution in [-0.2, 0) is 20.7 Å². The van der Waals surface area contributed by atoms with E-state index in [0.717, 1.165) is 43.6 Å². The van der Waals surface area contributed by atoms with Gasteiger partial charge in [0.1, 0.15) is 0 Å². The molecule has 0 heterocycles. The lowest BCUT2D eigenvalue weighted by molar-refractivity contribution is -0.958. The molecule has 0 saturated carbocycles. The average molecular weight is 507 g/mol. The van der Waals surface area contributed by atoms with E-state index in [4.69, 9.17) is 15.8 Å². The van der Waals surface area contributed by atoms with Crippen LogP contribution in [0.15, 0.2) is 65.6 Å². The van der Waals surface area contributed by atoms with E-state index in [-0.39, 0.29) is 4.90 Å². The average Bonchev–Trinajstić information content (AvgIpc) is 2.83. The third kappa shape index (κ3) is 8.53. The molecule has 188 valence electrons. The SMILES string of the molecule is CCCCCCC[N+](CC)(CC)C(C=CCc1ccc(Cl)cc1)OS(=O)(=O)c1ccc(C)cc1. The molecule has 0 aliphatic rings. The first-order valence-corrected chi connectivity index (χ1v) is 14.3. The van der Waals surface area contributed by atoms with Gasteiger partial charge < -0.3 is 0 Å². The van der Waals surface area contributed by atoms with E-state index in [1.807, 2.05) is 43.3 Å². The molecule has 0 N–H and O–H groups in total. The molecule has 2 aromatic rings. The Bertz CT molecular complexity index is 981. The van der Waals surface area contributed by atoms with E-state index in [9.17, 15) is 8.42 Å². The molecule has 1 unspecified atom stereocenters. The smallest absolute Gasteiger partial charge is 0.295 e. The monoisotopic (exact) mass is 506 g/mol. The van der Waals surface area contributed by atoms with E-state index in [2.05, 4.69) is 20.8 Å². The van der Waals surface area contributed by atoms with E-state index >= 15 is 0 Å². The number of halogens is 1. The molecule has 2 rings (SSSR count). The first-order valence-electron chi connectivity index (χ1n) is 12.5. The van der Waals surface area contributed by atoms with Crippen molar-refractivity contribution in [2.24, 2.45) is 0 Å². The summed E-state index contributed by atoms with van der Waals surface area (Å²) in [4.78, 5) is 0.197. The molecule has 6 heteroatoms. The van der Waals surface area contributed by atoms with Crippen LogP contribution in [0.25, 0.3) is 0 Å². The number of benzene rings is 2. The Balaban J connectivity index is 2.29. The van der Waals surface area contributed by atoms with Gasteiger partial charge in [-0.1, -0.05) is 73.7 Å². The Morgan fingerprint density at radius 2 is 1.53 bits per heavy atom. The van der Waals surface area contributed by atoms with E-state index in [0.29, 0.717) is 15.9 Å². The van der Waals surface area contributed by atoms with Gasteiger partial charge in [0.25, 0.3) is 0 Å². The first-order chi connectivity index (χ1) is 16.3. The summed E-state index contributed by atoms with van der Waals surface area (Å²) in [5.74, 6) is 0. The van der Waals surface area contributed by atoms with Gasteiger partial charge in [-0.05, 0) is 75.9 Å². The highest BCUT2D eigenvalue weighted by atomic mass is 35.5. The molecule has 0 saturated heterocycles. The predicted molar refractivity (Wildman–Crippen MR) is 143 cm³/mol. The maximum absolute atomic E-state index is 13.2. The molecular formula is C28H41ClNO3S+. The minimum atomic E-state index is -3.90. The summed E-state index contributed by atoms with van der Waals surface area (Å²) in [6.07, 6.45) is 9.93. The summed E-state index contributed by atoms with van der Waals surface area (Å²) < 4.78 is 33.0. The second-order valence-corrected chi connectivity index (χ2v) is 11.0. The standard InChI is InChI=1S/C28H41ClNO3S/c1-5-8-9-10-11-23-30(6-2,7-3)28(14-12-13-25-17-19-26(29)20-18-25)33-34(31,32)27-21-15-24(4)16-22-27/h12,14-22,28H,5-11,13,23H2,1-4H3/q+1. The van der Waals surface area contributed by atoms with Crippen LogP contribution >= 0.6 is 11.6 Å². The van der Waals surface area contributed by atoms with Gasteiger partial charge in [0.15, 0.2) is 0 Å². The van der Waals surface area contributed by atoms with Crippen LogP contribution in [0.5, 0.6) is 0 Å².